The van der Waals surface area contributed by atoms with Crippen molar-refractivity contribution < 1.29 is 4.39 Å². The van der Waals surface area contributed by atoms with Gasteiger partial charge < -0.3 is 4.90 Å². The van der Waals surface area contributed by atoms with Crippen LogP contribution < -0.4 is 4.90 Å². The van der Waals surface area contributed by atoms with E-state index < -0.39 is 0 Å². The Hall–Kier alpha value is -1.54. The van der Waals surface area contributed by atoms with Crippen LogP contribution in [0.4, 0.5) is 15.8 Å². The molecule has 2 aromatic carbocycles. The summed E-state index contributed by atoms with van der Waals surface area (Å²) < 4.78 is 13.8. The first-order chi connectivity index (χ1) is 8.81. The van der Waals surface area contributed by atoms with E-state index in [1.165, 1.54) is 11.6 Å². The summed E-state index contributed by atoms with van der Waals surface area (Å²) in [6.45, 7) is 0.882. The van der Waals surface area contributed by atoms with Gasteiger partial charge in [-0.15, -0.1) is 11.6 Å². The molecule has 1 aliphatic heterocycles. The topological polar surface area (TPSA) is 3.24 Å². The molecule has 0 unspecified atom stereocenters. The van der Waals surface area contributed by atoms with Crippen LogP contribution >= 0.6 is 11.6 Å². The van der Waals surface area contributed by atoms with E-state index in [0.717, 1.165) is 24.3 Å². The molecular weight excluding hydrogens is 249 g/mol. The quantitative estimate of drug-likeness (QED) is 0.730. The third-order valence-corrected chi connectivity index (χ3v) is 3.67. The van der Waals surface area contributed by atoms with Gasteiger partial charge in [0.2, 0.25) is 0 Å². The minimum absolute atomic E-state index is 0.195. The van der Waals surface area contributed by atoms with Crippen molar-refractivity contribution in [1.82, 2.24) is 0 Å². The van der Waals surface area contributed by atoms with Crippen molar-refractivity contribution in [2.75, 3.05) is 11.4 Å². The number of hydrogen-bond donors (Lipinski definition) is 0. The molecule has 92 valence electrons. The fourth-order valence-corrected chi connectivity index (χ4v) is 2.79. The summed E-state index contributed by atoms with van der Waals surface area (Å²) in [5.41, 5.74) is 3.93. The molecule has 0 aromatic heterocycles. The predicted molar refractivity (Wildman–Crippen MR) is 73.1 cm³/mol. The molecular formula is C15H13ClFN. The van der Waals surface area contributed by atoms with Crippen molar-refractivity contribution in [3.8, 4) is 0 Å². The van der Waals surface area contributed by atoms with Gasteiger partial charge in [-0.05, 0) is 30.2 Å². The summed E-state index contributed by atoms with van der Waals surface area (Å²) in [5, 5.41) is 0. The van der Waals surface area contributed by atoms with Crippen molar-refractivity contribution in [2.45, 2.75) is 12.3 Å². The molecule has 0 atom stereocenters. The van der Waals surface area contributed by atoms with E-state index in [0.29, 0.717) is 5.56 Å². The maximum Gasteiger partial charge on any atom is 0.129 e. The lowest BCUT2D eigenvalue weighted by atomic mass is 10.1. The highest BCUT2D eigenvalue weighted by Gasteiger charge is 2.22. The van der Waals surface area contributed by atoms with Crippen molar-refractivity contribution in [3.05, 3.63) is 59.4 Å². The van der Waals surface area contributed by atoms with E-state index in [-0.39, 0.29) is 11.7 Å². The van der Waals surface area contributed by atoms with Crippen LogP contribution in [0.2, 0.25) is 0 Å². The first-order valence-corrected chi connectivity index (χ1v) is 6.53. The summed E-state index contributed by atoms with van der Waals surface area (Å²) in [6.07, 6.45) is 0.994. The van der Waals surface area contributed by atoms with Crippen LogP contribution in [-0.4, -0.2) is 6.54 Å². The number of benzene rings is 2. The third kappa shape index (κ3) is 1.77. The number of fused-ring (bicyclic) bond motifs is 1. The van der Waals surface area contributed by atoms with Crippen LogP contribution in [0.25, 0.3) is 0 Å². The Morgan fingerprint density at radius 1 is 1.06 bits per heavy atom. The van der Waals surface area contributed by atoms with Gasteiger partial charge in [-0.2, -0.15) is 0 Å². The van der Waals surface area contributed by atoms with Crippen molar-refractivity contribution in [1.29, 1.82) is 0 Å². The van der Waals surface area contributed by atoms with Gasteiger partial charge >= 0.3 is 0 Å². The van der Waals surface area contributed by atoms with E-state index in [1.54, 1.807) is 6.07 Å². The number of halogens is 2. The molecule has 0 fully saturated rings. The standard InChI is InChI=1S/C15H13ClFN/c16-10-12-13(17)5-3-7-15(12)18-9-8-11-4-1-2-6-14(11)18/h1-7H,8-10H2. The summed E-state index contributed by atoms with van der Waals surface area (Å²) in [5.74, 6) is -0.0346. The number of rotatable bonds is 2. The summed E-state index contributed by atoms with van der Waals surface area (Å²) in [7, 11) is 0. The Morgan fingerprint density at radius 2 is 1.83 bits per heavy atom. The normalized spacial score (nSPS) is 13.8. The average Bonchev–Trinajstić information content (AvgIpc) is 2.82. The molecule has 3 heteroatoms. The highest BCUT2D eigenvalue weighted by atomic mass is 35.5. The molecule has 1 aliphatic rings. The van der Waals surface area contributed by atoms with Gasteiger partial charge in [0.05, 0.1) is 5.88 Å². The lowest BCUT2D eigenvalue weighted by molar-refractivity contribution is 0.617. The van der Waals surface area contributed by atoms with Gasteiger partial charge in [0.1, 0.15) is 5.82 Å². The fraction of sp³-hybridized carbons (Fsp3) is 0.200. The minimum atomic E-state index is -0.230. The van der Waals surface area contributed by atoms with Crippen molar-refractivity contribution in [2.24, 2.45) is 0 Å². The van der Waals surface area contributed by atoms with Crippen molar-refractivity contribution >= 4 is 23.0 Å². The van der Waals surface area contributed by atoms with Crippen LogP contribution in [0.3, 0.4) is 0 Å². The molecule has 0 N–H and O–H groups in total. The Labute approximate surface area is 111 Å². The van der Waals surface area contributed by atoms with Gasteiger partial charge in [0, 0.05) is 23.5 Å². The molecule has 0 aliphatic carbocycles. The summed E-state index contributed by atoms with van der Waals surface area (Å²) in [4.78, 5) is 2.15. The molecule has 1 heterocycles. The van der Waals surface area contributed by atoms with Crippen molar-refractivity contribution in [3.63, 3.8) is 0 Å². The second-order valence-electron chi connectivity index (χ2n) is 4.40. The van der Waals surface area contributed by atoms with E-state index in [9.17, 15) is 4.39 Å². The Kier molecular flexibility index (Phi) is 2.96. The average molecular weight is 262 g/mol. The Bertz CT molecular complexity index is 582. The number of anilines is 2. The maximum atomic E-state index is 13.8. The molecule has 0 saturated carbocycles. The third-order valence-electron chi connectivity index (χ3n) is 3.41. The first-order valence-electron chi connectivity index (χ1n) is 6.00. The molecule has 0 amide bonds. The second kappa shape index (κ2) is 4.62. The lowest BCUT2D eigenvalue weighted by Crippen LogP contribution is -2.15. The summed E-state index contributed by atoms with van der Waals surface area (Å²) >= 11 is 5.88. The van der Waals surface area contributed by atoms with E-state index in [4.69, 9.17) is 11.6 Å². The van der Waals surface area contributed by atoms with Gasteiger partial charge in [0.25, 0.3) is 0 Å². The van der Waals surface area contributed by atoms with E-state index >= 15 is 0 Å². The van der Waals surface area contributed by atoms with Gasteiger partial charge in [-0.25, -0.2) is 4.39 Å². The number of hydrogen-bond acceptors (Lipinski definition) is 1. The van der Waals surface area contributed by atoms with Crippen LogP contribution in [-0.2, 0) is 12.3 Å². The molecule has 1 nitrogen and oxygen atoms in total. The molecule has 0 radical (unpaired) electrons. The molecule has 0 spiro atoms. The zero-order valence-corrected chi connectivity index (χ0v) is 10.6. The second-order valence-corrected chi connectivity index (χ2v) is 4.67. The van der Waals surface area contributed by atoms with Crippen LogP contribution in [0.5, 0.6) is 0 Å². The van der Waals surface area contributed by atoms with E-state index in [1.807, 2.05) is 18.2 Å². The maximum absolute atomic E-state index is 13.8. The lowest BCUT2D eigenvalue weighted by Gasteiger charge is -2.22. The van der Waals surface area contributed by atoms with E-state index in [2.05, 4.69) is 17.0 Å². The minimum Gasteiger partial charge on any atom is -0.341 e. The molecule has 3 rings (SSSR count). The highest BCUT2D eigenvalue weighted by molar-refractivity contribution is 6.17. The van der Waals surface area contributed by atoms with Crippen LogP contribution in [0, 0.1) is 5.82 Å². The fourth-order valence-electron chi connectivity index (χ4n) is 2.52. The zero-order chi connectivity index (χ0) is 12.5. The van der Waals surface area contributed by atoms with Crippen LogP contribution in [0.15, 0.2) is 42.5 Å². The zero-order valence-electron chi connectivity index (χ0n) is 9.87. The predicted octanol–water partition coefficient (Wildman–Crippen LogP) is 4.26. The monoisotopic (exact) mass is 261 g/mol. The SMILES string of the molecule is Fc1cccc(N2CCc3ccccc32)c1CCl. The molecule has 0 bridgehead atoms. The molecule has 2 aromatic rings. The molecule has 0 saturated heterocycles. The van der Waals surface area contributed by atoms with Crippen LogP contribution in [0.1, 0.15) is 11.1 Å². The Balaban J connectivity index is 2.10. The molecule has 18 heavy (non-hydrogen) atoms. The Morgan fingerprint density at radius 3 is 2.67 bits per heavy atom. The number of alkyl halides is 1. The number of nitrogens with zero attached hydrogens (tertiary/aromatic N) is 1. The van der Waals surface area contributed by atoms with Gasteiger partial charge in [-0.3, -0.25) is 0 Å². The smallest absolute Gasteiger partial charge is 0.129 e. The van der Waals surface area contributed by atoms with Gasteiger partial charge in [0.15, 0.2) is 0 Å². The largest absolute Gasteiger partial charge is 0.341 e. The first kappa shape index (κ1) is 11.5. The van der Waals surface area contributed by atoms with Gasteiger partial charge in [-0.1, -0.05) is 24.3 Å². The summed E-state index contributed by atoms with van der Waals surface area (Å²) in [6, 6.07) is 13.4. The highest BCUT2D eigenvalue weighted by Crippen LogP contribution is 2.37. The number of para-hydroxylation sites is 1.